The first-order chi connectivity index (χ1) is 37.0. The first-order valence-corrected chi connectivity index (χ1v) is 35.9. The number of hydrogen-bond acceptors (Lipinski definition) is 5. The molecule has 1 amide bonds. The number of carbonyl (C=O) groups excluding carboxylic acids is 1. The van der Waals surface area contributed by atoms with Gasteiger partial charge in [-0.2, -0.15) is 0 Å². The second-order valence-electron chi connectivity index (χ2n) is 25.3. The van der Waals surface area contributed by atoms with Crippen molar-refractivity contribution in [1.29, 1.82) is 0 Å². The number of unbranched alkanes of at least 4 members (excludes halogenated alkanes) is 52. The number of nitrogens with one attached hydrogen (secondary N) is 1. The van der Waals surface area contributed by atoms with Crippen molar-refractivity contribution in [1.82, 2.24) is 5.32 Å². The maximum absolute atomic E-state index is 13.0. The Morgan fingerprint density at radius 3 is 0.882 bits per heavy atom. The van der Waals surface area contributed by atoms with Crippen LogP contribution in [0.4, 0.5) is 0 Å². The van der Waals surface area contributed by atoms with Crippen LogP contribution in [0.3, 0.4) is 0 Å². The summed E-state index contributed by atoms with van der Waals surface area (Å²) in [6.45, 7) is 4.96. The van der Waals surface area contributed by atoms with Crippen molar-refractivity contribution in [3.63, 3.8) is 0 Å². The number of phosphoric acid groups is 1. The average molecular weight is 1100 g/mol. The Morgan fingerprint density at radius 2 is 0.632 bits per heavy atom. The predicted octanol–water partition coefficient (Wildman–Crippen LogP) is 21.6. The van der Waals surface area contributed by atoms with Gasteiger partial charge in [0, 0.05) is 6.42 Å². The molecule has 0 spiro atoms. The SMILES string of the molecule is CCCCCCCCCCCCCCCCCCCCCCCCCCCCCCCCCCCCCCCC(=O)NC(COP(=O)(O)OCC[N+](C)(C)C)C(O)CCCCCCCCCCCCCCCCCCC. The topological polar surface area (TPSA) is 105 Å². The summed E-state index contributed by atoms with van der Waals surface area (Å²) in [4.78, 5) is 23.4. The number of phosphoric ester groups is 1. The standard InChI is InChI=1S/C67H137N2O6P/c1-6-8-10-12-14-16-18-20-22-24-25-26-27-28-29-30-31-32-33-34-35-36-37-38-39-40-41-42-43-45-47-49-51-53-55-57-59-61-67(71)68-65(64-75-76(72,73)74-63-62-69(3,4)5)66(70)60-58-56-54-52-50-48-46-44-23-21-19-17-15-13-11-9-7-2/h65-66,70H,6-64H2,1-5H3,(H-,68,71,72,73)/p+1. The molecule has 456 valence electrons. The van der Waals surface area contributed by atoms with E-state index in [1.807, 2.05) is 21.1 Å². The van der Waals surface area contributed by atoms with Crippen molar-refractivity contribution < 1.29 is 32.9 Å². The van der Waals surface area contributed by atoms with Crippen molar-refractivity contribution in [3.05, 3.63) is 0 Å². The summed E-state index contributed by atoms with van der Waals surface area (Å²) in [5, 5.41) is 14.1. The molecule has 0 saturated carbocycles. The molecule has 0 aromatic carbocycles. The summed E-state index contributed by atoms with van der Waals surface area (Å²) in [6.07, 6.45) is 73.6. The van der Waals surface area contributed by atoms with Gasteiger partial charge < -0.3 is 19.8 Å². The minimum absolute atomic E-state index is 0.0792. The third kappa shape index (κ3) is 61.1. The molecular formula is C67H138N2O6P+. The van der Waals surface area contributed by atoms with Crippen LogP contribution in [0.1, 0.15) is 373 Å². The molecule has 0 aromatic rings. The number of hydrogen-bond donors (Lipinski definition) is 3. The Bertz CT molecular complexity index is 1200. The van der Waals surface area contributed by atoms with Gasteiger partial charge in [0.2, 0.25) is 5.91 Å². The van der Waals surface area contributed by atoms with Crippen LogP contribution in [0.15, 0.2) is 0 Å². The minimum atomic E-state index is -4.32. The number of aliphatic hydroxyl groups is 1. The van der Waals surface area contributed by atoms with Gasteiger partial charge in [-0.1, -0.05) is 354 Å². The highest BCUT2D eigenvalue weighted by Crippen LogP contribution is 2.43. The quantitative estimate of drug-likeness (QED) is 0.0318. The number of aliphatic hydroxyl groups excluding tert-OH is 1. The van der Waals surface area contributed by atoms with Crippen LogP contribution in [-0.2, 0) is 18.4 Å². The second-order valence-corrected chi connectivity index (χ2v) is 26.7. The Morgan fingerprint density at radius 1 is 0.395 bits per heavy atom. The van der Waals surface area contributed by atoms with Gasteiger partial charge in [-0.25, -0.2) is 4.57 Å². The van der Waals surface area contributed by atoms with Gasteiger partial charge in [0.15, 0.2) is 0 Å². The van der Waals surface area contributed by atoms with E-state index in [0.717, 1.165) is 38.5 Å². The van der Waals surface area contributed by atoms with E-state index >= 15 is 0 Å². The monoisotopic (exact) mass is 1100 g/mol. The number of amides is 1. The fraction of sp³-hybridized carbons (Fsp3) is 0.985. The van der Waals surface area contributed by atoms with Gasteiger partial charge in [0.1, 0.15) is 13.2 Å². The highest BCUT2D eigenvalue weighted by atomic mass is 31.2. The van der Waals surface area contributed by atoms with E-state index in [4.69, 9.17) is 9.05 Å². The molecule has 0 radical (unpaired) electrons. The third-order valence-corrected chi connectivity index (χ3v) is 17.3. The molecule has 9 heteroatoms. The Hall–Kier alpha value is -0.500. The van der Waals surface area contributed by atoms with Crippen LogP contribution >= 0.6 is 7.82 Å². The van der Waals surface area contributed by atoms with Crippen LogP contribution in [0, 0.1) is 0 Å². The average Bonchev–Trinajstić information content (AvgIpc) is 3.38. The third-order valence-electron chi connectivity index (χ3n) is 16.4. The summed E-state index contributed by atoms with van der Waals surface area (Å²) in [5.74, 6) is -0.134. The number of likely N-dealkylation sites (N-methyl/N-ethyl adjacent to an activating group) is 1. The Kier molecular flexibility index (Phi) is 58.7. The molecule has 3 unspecified atom stereocenters. The van der Waals surface area contributed by atoms with Crippen LogP contribution in [-0.4, -0.2) is 73.4 Å². The van der Waals surface area contributed by atoms with Gasteiger partial charge in [0.25, 0.3) is 0 Å². The van der Waals surface area contributed by atoms with Crippen LogP contribution in [0.5, 0.6) is 0 Å². The van der Waals surface area contributed by atoms with E-state index in [2.05, 4.69) is 19.2 Å². The van der Waals surface area contributed by atoms with Gasteiger partial charge in [0.05, 0.1) is 39.9 Å². The maximum atomic E-state index is 13.0. The molecule has 0 bridgehead atoms. The molecule has 0 fully saturated rings. The van der Waals surface area contributed by atoms with Gasteiger partial charge in [-0.3, -0.25) is 13.8 Å². The summed E-state index contributed by atoms with van der Waals surface area (Å²) < 4.78 is 23.8. The molecule has 3 atom stereocenters. The normalized spacial score (nSPS) is 13.6. The first-order valence-electron chi connectivity index (χ1n) is 34.4. The van der Waals surface area contributed by atoms with Crippen molar-refractivity contribution in [2.24, 2.45) is 0 Å². The van der Waals surface area contributed by atoms with E-state index in [-0.39, 0.29) is 19.1 Å². The smallest absolute Gasteiger partial charge is 0.391 e. The summed E-state index contributed by atoms with van der Waals surface area (Å²) in [6, 6.07) is -0.756. The molecule has 0 rings (SSSR count). The summed E-state index contributed by atoms with van der Waals surface area (Å²) in [5.41, 5.74) is 0. The summed E-state index contributed by atoms with van der Waals surface area (Å²) in [7, 11) is 1.64. The van der Waals surface area contributed by atoms with Gasteiger partial charge in [-0.15, -0.1) is 0 Å². The van der Waals surface area contributed by atoms with Crippen LogP contribution in [0.2, 0.25) is 0 Å². The van der Waals surface area contributed by atoms with Gasteiger partial charge >= 0.3 is 7.82 Å². The highest BCUT2D eigenvalue weighted by molar-refractivity contribution is 7.47. The lowest BCUT2D eigenvalue weighted by Crippen LogP contribution is -2.46. The number of quaternary nitrogens is 1. The zero-order valence-electron chi connectivity index (χ0n) is 52.3. The molecule has 0 saturated heterocycles. The lowest BCUT2D eigenvalue weighted by atomic mass is 10.0. The van der Waals surface area contributed by atoms with E-state index in [1.165, 1.54) is 308 Å². The first kappa shape index (κ1) is 75.5. The zero-order valence-corrected chi connectivity index (χ0v) is 53.2. The fourth-order valence-corrected chi connectivity index (χ4v) is 11.7. The molecule has 76 heavy (non-hydrogen) atoms. The molecule has 8 nitrogen and oxygen atoms in total. The molecule has 0 aliphatic rings. The van der Waals surface area contributed by atoms with E-state index < -0.39 is 20.0 Å². The number of nitrogens with zero attached hydrogens (tertiary/aromatic N) is 1. The Balaban J connectivity index is 3.87. The second kappa shape index (κ2) is 59.1. The fourth-order valence-electron chi connectivity index (χ4n) is 11.0. The molecule has 3 N–H and O–H groups in total. The van der Waals surface area contributed by atoms with Crippen LogP contribution in [0.25, 0.3) is 0 Å². The summed E-state index contributed by atoms with van der Waals surface area (Å²) >= 11 is 0. The van der Waals surface area contributed by atoms with E-state index in [0.29, 0.717) is 23.9 Å². The largest absolute Gasteiger partial charge is 0.472 e. The molecule has 0 aromatic heterocycles. The van der Waals surface area contributed by atoms with Crippen molar-refractivity contribution in [2.75, 3.05) is 40.9 Å². The van der Waals surface area contributed by atoms with E-state index in [9.17, 15) is 19.4 Å². The van der Waals surface area contributed by atoms with Crippen molar-refractivity contribution in [2.45, 2.75) is 386 Å². The van der Waals surface area contributed by atoms with Gasteiger partial charge in [-0.05, 0) is 12.8 Å². The van der Waals surface area contributed by atoms with Crippen LogP contribution < -0.4 is 5.32 Å². The lowest BCUT2D eigenvalue weighted by Gasteiger charge is -2.26. The lowest BCUT2D eigenvalue weighted by molar-refractivity contribution is -0.870. The predicted molar refractivity (Wildman–Crippen MR) is 332 cm³/mol. The molecule has 0 aliphatic heterocycles. The highest BCUT2D eigenvalue weighted by Gasteiger charge is 2.28. The molecule has 0 aliphatic carbocycles. The molecule has 0 heterocycles. The number of rotatable bonds is 65. The minimum Gasteiger partial charge on any atom is -0.391 e. The zero-order chi connectivity index (χ0) is 55.6. The van der Waals surface area contributed by atoms with Crippen molar-refractivity contribution in [3.8, 4) is 0 Å². The van der Waals surface area contributed by atoms with E-state index in [1.54, 1.807) is 0 Å². The maximum Gasteiger partial charge on any atom is 0.472 e. The molecular weight excluding hydrogens is 960 g/mol. The van der Waals surface area contributed by atoms with Crippen molar-refractivity contribution >= 4 is 13.7 Å². The Labute approximate surface area is 476 Å². The number of carbonyl (C=O) groups is 1.